The fourth-order valence-corrected chi connectivity index (χ4v) is 2.23. The second-order valence-electron chi connectivity index (χ2n) is 4.47. The molecule has 0 bridgehead atoms. The van der Waals surface area contributed by atoms with Crippen molar-refractivity contribution in [3.63, 3.8) is 0 Å². The molecule has 0 unspecified atom stereocenters. The van der Waals surface area contributed by atoms with Gasteiger partial charge in [0.1, 0.15) is 11.3 Å². The van der Waals surface area contributed by atoms with Gasteiger partial charge in [-0.1, -0.05) is 19.4 Å². The number of aryl methyl sites for hydroxylation is 2. The van der Waals surface area contributed by atoms with Crippen LogP contribution in [0.25, 0.3) is 11.0 Å². The number of benzene rings is 1. The molecule has 0 fully saturated rings. The Bertz CT molecular complexity index is 610. The Morgan fingerprint density at radius 1 is 1.37 bits per heavy atom. The molecule has 19 heavy (non-hydrogen) atoms. The van der Waals surface area contributed by atoms with Crippen molar-refractivity contribution in [1.82, 2.24) is 0 Å². The van der Waals surface area contributed by atoms with Crippen molar-refractivity contribution < 1.29 is 19.1 Å². The number of carbonyl (C=O) groups excluding carboxylic acids is 1. The maximum Gasteiger partial charge on any atom is 0.374 e. The van der Waals surface area contributed by atoms with E-state index < -0.39 is 5.97 Å². The minimum atomic E-state index is -0.493. The van der Waals surface area contributed by atoms with Crippen LogP contribution in [0.2, 0.25) is 0 Å². The van der Waals surface area contributed by atoms with Gasteiger partial charge in [-0.3, -0.25) is 0 Å². The molecule has 0 aliphatic carbocycles. The average Bonchev–Trinajstić information content (AvgIpc) is 2.71. The predicted molar refractivity (Wildman–Crippen MR) is 72.6 cm³/mol. The summed E-state index contributed by atoms with van der Waals surface area (Å²) in [5.41, 5.74) is 2.01. The summed E-state index contributed by atoms with van der Waals surface area (Å²) in [5, 5.41) is 10.9. The highest BCUT2D eigenvalue weighted by molar-refractivity contribution is 5.98. The lowest BCUT2D eigenvalue weighted by molar-refractivity contribution is 0.0491. The van der Waals surface area contributed by atoms with E-state index in [4.69, 9.17) is 9.15 Å². The second-order valence-corrected chi connectivity index (χ2v) is 4.47. The van der Waals surface area contributed by atoms with E-state index in [0.717, 1.165) is 18.4 Å². The van der Waals surface area contributed by atoms with Crippen molar-refractivity contribution in [3.05, 3.63) is 29.0 Å². The van der Waals surface area contributed by atoms with Gasteiger partial charge >= 0.3 is 5.97 Å². The van der Waals surface area contributed by atoms with Crippen molar-refractivity contribution in [3.8, 4) is 5.75 Å². The van der Waals surface area contributed by atoms with Crippen LogP contribution in [0, 0.1) is 6.92 Å². The molecule has 0 amide bonds. The molecule has 4 heteroatoms. The number of furan rings is 1. The fourth-order valence-electron chi connectivity index (χ4n) is 2.23. The molecule has 1 aromatic carbocycles. The monoisotopic (exact) mass is 262 g/mol. The molecule has 1 N–H and O–H groups in total. The Morgan fingerprint density at radius 2 is 2.11 bits per heavy atom. The predicted octanol–water partition coefficient (Wildman–Crippen LogP) is 3.58. The quantitative estimate of drug-likeness (QED) is 0.855. The number of rotatable bonds is 4. The number of ether oxygens (including phenoxy) is 1. The summed E-state index contributed by atoms with van der Waals surface area (Å²) in [7, 11) is 0. The lowest BCUT2D eigenvalue weighted by atomic mass is 10.0. The molecular weight excluding hydrogens is 244 g/mol. The molecule has 0 saturated heterocycles. The van der Waals surface area contributed by atoms with Gasteiger partial charge < -0.3 is 14.3 Å². The first-order valence-electron chi connectivity index (χ1n) is 6.51. The third-order valence-corrected chi connectivity index (χ3v) is 3.13. The van der Waals surface area contributed by atoms with Crippen LogP contribution in [0.4, 0.5) is 0 Å². The molecule has 0 saturated carbocycles. The Kier molecular flexibility index (Phi) is 3.79. The summed E-state index contributed by atoms with van der Waals surface area (Å²) < 4.78 is 10.4. The molecule has 102 valence electrons. The van der Waals surface area contributed by atoms with E-state index in [9.17, 15) is 9.90 Å². The highest BCUT2D eigenvalue weighted by Gasteiger charge is 2.21. The van der Waals surface area contributed by atoms with Crippen molar-refractivity contribution >= 4 is 16.9 Å². The largest absolute Gasteiger partial charge is 0.507 e. The molecule has 1 heterocycles. The first-order valence-corrected chi connectivity index (χ1v) is 6.51. The number of hydrogen-bond donors (Lipinski definition) is 1. The van der Waals surface area contributed by atoms with Crippen molar-refractivity contribution in [2.45, 2.75) is 33.6 Å². The van der Waals surface area contributed by atoms with E-state index in [-0.39, 0.29) is 11.5 Å². The fraction of sp³-hybridized carbons (Fsp3) is 0.400. The maximum absolute atomic E-state index is 11.8. The van der Waals surface area contributed by atoms with Gasteiger partial charge in [-0.2, -0.15) is 0 Å². The van der Waals surface area contributed by atoms with Crippen LogP contribution in [0.3, 0.4) is 0 Å². The van der Waals surface area contributed by atoms with Crippen LogP contribution in [0.5, 0.6) is 5.75 Å². The van der Waals surface area contributed by atoms with Crippen LogP contribution < -0.4 is 0 Å². The van der Waals surface area contributed by atoms with Crippen LogP contribution >= 0.6 is 0 Å². The molecule has 4 nitrogen and oxygen atoms in total. The Morgan fingerprint density at radius 3 is 2.74 bits per heavy atom. The molecule has 0 spiro atoms. The van der Waals surface area contributed by atoms with E-state index in [2.05, 4.69) is 6.92 Å². The first-order chi connectivity index (χ1) is 9.10. The Hall–Kier alpha value is -1.97. The Labute approximate surface area is 112 Å². The number of esters is 1. The lowest BCUT2D eigenvalue weighted by Crippen LogP contribution is -2.04. The molecule has 0 aliphatic heterocycles. The Balaban J connectivity index is 2.57. The summed E-state index contributed by atoms with van der Waals surface area (Å²) >= 11 is 0. The zero-order valence-corrected chi connectivity index (χ0v) is 11.4. The molecular formula is C15H18O4. The number of phenols is 1. The van der Waals surface area contributed by atoms with Crippen LogP contribution in [0.1, 0.15) is 41.9 Å². The van der Waals surface area contributed by atoms with Crippen molar-refractivity contribution in [1.29, 1.82) is 0 Å². The first kappa shape index (κ1) is 13.5. The van der Waals surface area contributed by atoms with Crippen molar-refractivity contribution in [2.24, 2.45) is 0 Å². The molecule has 1 aromatic heterocycles. The van der Waals surface area contributed by atoms with E-state index in [1.807, 2.05) is 6.07 Å². The van der Waals surface area contributed by atoms with Gasteiger partial charge in [0.25, 0.3) is 0 Å². The minimum absolute atomic E-state index is 0.167. The summed E-state index contributed by atoms with van der Waals surface area (Å²) in [6, 6.07) is 3.62. The highest BCUT2D eigenvalue weighted by Crippen LogP contribution is 2.35. The number of aromatic hydroxyl groups is 1. The maximum atomic E-state index is 11.8. The zero-order valence-electron chi connectivity index (χ0n) is 11.4. The van der Waals surface area contributed by atoms with E-state index >= 15 is 0 Å². The van der Waals surface area contributed by atoms with Gasteiger partial charge in [-0.25, -0.2) is 4.79 Å². The van der Waals surface area contributed by atoms with Crippen LogP contribution in [-0.4, -0.2) is 17.7 Å². The molecule has 2 rings (SSSR count). The number of phenolic OH excluding ortho intramolecular Hbond substituents is 1. The molecule has 0 aliphatic rings. The number of carbonyl (C=O) groups is 1. The third kappa shape index (κ3) is 2.30. The van der Waals surface area contributed by atoms with Gasteiger partial charge in [-0.15, -0.1) is 0 Å². The van der Waals surface area contributed by atoms with Gasteiger partial charge in [0.05, 0.1) is 12.0 Å². The SMILES string of the molecule is CCCc1ccc2oc(C(=O)OCC)c(C)c2c1O. The standard InChI is InChI=1S/C15H18O4/c1-4-6-10-7-8-11-12(13(10)16)9(3)14(19-11)15(17)18-5-2/h7-8,16H,4-6H2,1-3H3. The van der Waals surface area contributed by atoms with E-state index in [0.29, 0.717) is 23.1 Å². The summed E-state index contributed by atoms with van der Waals surface area (Å²) in [6.07, 6.45) is 1.74. The minimum Gasteiger partial charge on any atom is -0.507 e. The summed E-state index contributed by atoms with van der Waals surface area (Å²) in [4.78, 5) is 11.8. The van der Waals surface area contributed by atoms with Gasteiger partial charge in [0, 0.05) is 5.56 Å². The second kappa shape index (κ2) is 5.34. The summed E-state index contributed by atoms with van der Waals surface area (Å²) in [6.45, 7) is 5.85. The van der Waals surface area contributed by atoms with Crippen molar-refractivity contribution in [2.75, 3.05) is 6.61 Å². The normalized spacial score (nSPS) is 10.9. The average molecular weight is 262 g/mol. The van der Waals surface area contributed by atoms with Gasteiger partial charge in [0.2, 0.25) is 5.76 Å². The lowest BCUT2D eigenvalue weighted by Gasteiger charge is -2.03. The van der Waals surface area contributed by atoms with E-state index in [1.165, 1.54) is 0 Å². The zero-order chi connectivity index (χ0) is 14.0. The van der Waals surface area contributed by atoms with Crippen LogP contribution in [-0.2, 0) is 11.2 Å². The van der Waals surface area contributed by atoms with Crippen LogP contribution in [0.15, 0.2) is 16.5 Å². The topological polar surface area (TPSA) is 59.7 Å². The van der Waals surface area contributed by atoms with Gasteiger partial charge in [-0.05, 0) is 31.9 Å². The molecule has 0 radical (unpaired) electrons. The molecule has 0 atom stereocenters. The number of fused-ring (bicyclic) bond motifs is 1. The highest BCUT2D eigenvalue weighted by atomic mass is 16.5. The smallest absolute Gasteiger partial charge is 0.374 e. The summed E-state index contributed by atoms with van der Waals surface area (Å²) in [5.74, 6) is -0.121. The third-order valence-electron chi connectivity index (χ3n) is 3.13. The van der Waals surface area contributed by atoms with E-state index in [1.54, 1.807) is 19.9 Å². The molecule has 2 aromatic rings. The number of hydrogen-bond acceptors (Lipinski definition) is 4. The van der Waals surface area contributed by atoms with Gasteiger partial charge in [0.15, 0.2) is 0 Å².